The lowest BCUT2D eigenvalue weighted by Gasteiger charge is -2.42. The molecule has 2 aromatic carbocycles. The van der Waals surface area contributed by atoms with Gasteiger partial charge in [0.2, 0.25) is 0 Å². The highest BCUT2D eigenvalue weighted by atomic mass is 16.5. The molecule has 5 rings (SSSR count). The molecule has 32 heavy (non-hydrogen) atoms. The number of piperazine rings is 1. The van der Waals surface area contributed by atoms with E-state index in [2.05, 4.69) is 6.07 Å². The first-order valence-corrected chi connectivity index (χ1v) is 10.4. The lowest BCUT2D eigenvalue weighted by atomic mass is 10.00. The Morgan fingerprint density at radius 1 is 0.969 bits per heavy atom. The van der Waals surface area contributed by atoms with Crippen LogP contribution in [0.1, 0.15) is 15.9 Å². The number of benzene rings is 2. The fraction of sp³-hybridized carbons (Fsp3) is 0.292. The summed E-state index contributed by atoms with van der Waals surface area (Å²) in [5, 5.41) is 20.1. The number of furan rings is 1. The second-order valence-electron chi connectivity index (χ2n) is 8.16. The molecule has 2 saturated heterocycles. The van der Waals surface area contributed by atoms with Gasteiger partial charge in [-0.1, -0.05) is 18.2 Å². The largest absolute Gasteiger partial charge is 0.463 e. The predicted molar refractivity (Wildman–Crippen MR) is 115 cm³/mol. The van der Waals surface area contributed by atoms with Gasteiger partial charge in [-0.2, -0.15) is 5.26 Å². The van der Waals surface area contributed by atoms with Crippen molar-refractivity contribution in [2.24, 2.45) is 0 Å². The van der Waals surface area contributed by atoms with Crippen LogP contribution < -0.4 is 0 Å². The topological polar surface area (TPSA) is 107 Å². The van der Waals surface area contributed by atoms with Crippen molar-refractivity contribution < 1.29 is 23.8 Å². The van der Waals surface area contributed by atoms with E-state index in [1.54, 1.807) is 21.9 Å². The van der Waals surface area contributed by atoms with Crippen molar-refractivity contribution in [2.75, 3.05) is 39.4 Å². The van der Waals surface area contributed by atoms with Crippen LogP contribution in [0, 0.1) is 11.3 Å². The maximum absolute atomic E-state index is 12.9. The van der Waals surface area contributed by atoms with Gasteiger partial charge in [0, 0.05) is 37.1 Å². The van der Waals surface area contributed by atoms with Crippen molar-refractivity contribution in [2.45, 2.75) is 5.60 Å². The molecule has 162 valence electrons. The van der Waals surface area contributed by atoms with Crippen molar-refractivity contribution in [3.8, 4) is 17.2 Å². The Hall–Kier alpha value is -3.67. The molecule has 0 unspecified atom stereocenters. The Morgan fingerprint density at radius 2 is 1.62 bits per heavy atom. The highest BCUT2D eigenvalue weighted by Gasteiger charge is 2.46. The SMILES string of the molecule is N#Cc1coc2ccc(-c3ccc(C(=O)N4CCN(C(=O)C5(O)COC5)CC4)cc3)cc12. The number of nitrogens with zero attached hydrogens (tertiary/aromatic N) is 3. The van der Waals surface area contributed by atoms with Crippen LogP contribution in [0.25, 0.3) is 22.1 Å². The zero-order chi connectivity index (χ0) is 22.3. The molecule has 1 N–H and O–H groups in total. The number of aliphatic hydroxyl groups is 1. The third-order valence-corrected chi connectivity index (χ3v) is 6.09. The van der Waals surface area contributed by atoms with Crippen LogP contribution in [0.2, 0.25) is 0 Å². The highest BCUT2D eigenvalue weighted by Crippen LogP contribution is 2.28. The summed E-state index contributed by atoms with van der Waals surface area (Å²) >= 11 is 0. The summed E-state index contributed by atoms with van der Waals surface area (Å²) in [6, 6.07) is 15.1. The van der Waals surface area contributed by atoms with Crippen LogP contribution in [0.4, 0.5) is 0 Å². The van der Waals surface area contributed by atoms with Gasteiger partial charge >= 0.3 is 0 Å². The first-order valence-electron chi connectivity index (χ1n) is 10.4. The van der Waals surface area contributed by atoms with Gasteiger partial charge in [0.15, 0.2) is 5.60 Å². The van der Waals surface area contributed by atoms with E-state index in [-0.39, 0.29) is 25.0 Å². The van der Waals surface area contributed by atoms with Gasteiger partial charge in [-0.15, -0.1) is 0 Å². The molecule has 0 saturated carbocycles. The van der Waals surface area contributed by atoms with Crippen LogP contribution in [-0.2, 0) is 9.53 Å². The normalized spacial score (nSPS) is 17.6. The smallest absolute Gasteiger partial charge is 0.259 e. The second kappa shape index (κ2) is 7.79. The van der Waals surface area contributed by atoms with E-state index in [0.717, 1.165) is 16.5 Å². The van der Waals surface area contributed by atoms with E-state index in [0.29, 0.717) is 42.9 Å². The van der Waals surface area contributed by atoms with Crippen molar-refractivity contribution >= 4 is 22.8 Å². The van der Waals surface area contributed by atoms with Crippen molar-refractivity contribution in [3.63, 3.8) is 0 Å². The number of hydrogen-bond donors (Lipinski definition) is 1. The fourth-order valence-electron chi connectivity index (χ4n) is 4.11. The van der Waals surface area contributed by atoms with Gasteiger partial charge in [0.1, 0.15) is 17.9 Å². The minimum Gasteiger partial charge on any atom is -0.463 e. The Labute approximate surface area is 184 Å². The summed E-state index contributed by atoms with van der Waals surface area (Å²) in [4.78, 5) is 28.6. The molecule has 0 spiro atoms. The Balaban J connectivity index is 1.26. The molecule has 0 aliphatic carbocycles. The maximum atomic E-state index is 12.9. The summed E-state index contributed by atoms with van der Waals surface area (Å²) in [6.45, 7) is 1.66. The maximum Gasteiger partial charge on any atom is 0.259 e. The number of fused-ring (bicyclic) bond motifs is 1. The number of amides is 2. The van der Waals surface area contributed by atoms with E-state index >= 15 is 0 Å². The number of rotatable bonds is 3. The van der Waals surface area contributed by atoms with Crippen molar-refractivity contribution in [1.82, 2.24) is 9.80 Å². The zero-order valence-corrected chi connectivity index (χ0v) is 17.3. The van der Waals surface area contributed by atoms with E-state index in [1.807, 2.05) is 30.3 Å². The predicted octanol–water partition coefficient (Wildman–Crippen LogP) is 2.02. The first kappa shape index (κ1) is 20.2. The Morgan fingerprint density at radius 3 is 2.25 bits per heavy atom. The van der Waals surface area contributed by atoms with E-state index in [4.69, 9.17) is 9.15 Å². The van der Waals surface area contributed by atoms with Crippen LogP contribution in [0.5, 0.6) is 0 Å². The third kappa shape index (κ3) is 3.42. The van der Waals surface area contributed by atoms with Gasteiger partial charge < -0.3 is 24.1 Å². The zero-order valence-electron chi connectivity index (χ0n) is 17.3. The highest BCUT2D eigenvalue weighted by molar-refractivity contribution is 5.95. The molecular formula is C24H21N3O5. The Kier molecular flexibility index (Phi) is 4.93. The molecule has 1 aromatic heterocycles. The number of carbonyl (C=O) groups excluding carboxylic acids is 2. The molecular weight excluding hydrogens is 410 g/mol. The van der Waals surface area contributed by atoms with Gasteiger partial charge in [-0.25, -0.2) is 0 Å². The molecule has 2 aliphatic rings. The average molecular weight is 431 g/mol. The van der Waals surface area contributed by atoms with Crippen LogP contribution in [-0.4, -0.2) is 71.7 Å². The number of hydrogen-bond acceptors (Lipinski definition) is 6. The minimum absolute atomic E-state index is 0.0304. The molecule has 0 bridgehead atoms. The molecule has 2 amide bonds. The fourth-order valence-corrected chi connectivity index (χ4v) is 4.11. The van der Waals surface area contributed by atoms with Crippen molar-refractivity contribution in [1.29, 1.82) is 5.26 Å². The summed E-state index contributed by atoms with van der Waals surface area (Å²) in [5.41, 5.74) is 2.17. The number of ether oxygens (including phenoxy) is 1. The van der Waals surface area contributed by atoms with Gasteiger partial charge in [0.25, 0.3) is 11.8 Å². The quantitative estimate of drug-likeness (QED) is 0.680. The first-order chi connectivity index (χ1) is 15.5. The second-order valence-corrected chi connectivity index (χ2v) is 8.16. The summed E-state index contributed by atoms with van der Waals surface area (Å²) in [7, 11) is 0. The van der Waals surface area contributed by atoms with Gasteiger partial charge in [0.05, 0.1) is 18.8 Å². The molecule has 8 heteroatoms. The lowest BCUT2D eigenvalue weighted by molar-refractivity contribution is -0.201. The third-order valence-electron chi connectivity index (χ3n) is 6.09. The van der Waals surface area contributed by atoms with E-state index in [9.17, 15) is 20.0 Å². The molecule has 3 heterocycles. The molecule has 8 nitrogen and oxygen atoms in total. The molecule has 2 aliphatic heterocycles. The van der Waals surface area contributed by atoms with Crippen LogP contribution in [0.15, 0.2) is 53.1 Å². The Bertz CT molecular complexity index is 1230. The summed E-state index contributed by atoms with van der Waals surface area (Å²) in [6.07, 6.45) is 1.45. The number of nitriles is 1. The molecule has 0 atom stereocenters. The van der Waals surface area contributed by atoms with Crippen molar-refractivity contribution in [3.05, 3.63) is 59.9 Å². The van der Waals surface area contributed by atoms with Gasteiger partial charge in [-0.3, -0.25) is 9.59 Å². The van der Waals surface area contributed by atoms with Crippen LogP contribution >= 0.6 is 0 Å². The summed E-state index contributed by atoms with van der Waals surface area (Å²) < 4.78 is 10.3. The molecule has 0 radical (unpaired) electrons. The van der Waals surface area contributed by atoms with E-state index < -0.39 is 5.60 Å². The summed E-state index contributed by atoms with van der Waals surface area (Å²) in [5.74, 6) is -0.416. The minimum atomic E-state index is -1.41. The molecule has 2 fully saturated rings. The van der Waals surface area contributed by atoms with Gasteiger partial charge in [-0.05, 0) is 35.4 Å². The number of carbonyl (C=O) groups is 2. The van der Waals surface area contributed by atoms with E-state index in [1.165, 1.54) is 6.26 Å². The molecule has 3 aromatic rings. The monoisotopic (exact) mass is 431 g/mol. The standard InChI is InChI=1S/C24H21N3O5/c25-12-19-13-32-21-6-5-18(11-20(19)21)16-1-3-17(4-2-16)22(28)26-7-9-27(10-8-26)23(29)24(30)14-31-15-24/h1-6,11,13,30H,7-10,14-15H2. The average Bonchev–Trinajstić information content (AvgIpc) is 3.24. The lowest BCUT2D eigenvalue weighted by Crippen LogP contribution is -2.64. The van der Waals surface area contributed by atoms with Crippen LogP contribution in [0.3, 0.4) is 0 Å².